The molecular formula is C33H48N4O3. The summed E-state index contributed by atoms with van der Waals surface area (Å²) < 4.78 is 6.28. The molecule has 0 spiro atoms. The van der Waals surface area contributed by atoms with E-state index in [1.165, 1.54) is 11.1 Å². The fourth-order valence-electron chi connectivity index (χ4n) is 5.86. The highest BCUT2D eigenvalue weighted by Gasteiger charge is 2.30. The third-order valence-corrected chi connectivity index (χ3v) is 7.99. The Balaban J connectivity index is 1.27. The number of hydrogen-bond acceptors (Lipinski definition) is 5. The lowest BCUT2D eigenvalue weighted by atomic mass is 9.86. The Hall–Kier alpha value is -2.90. The molecule has 4 rings (SSSR count). The molecule has 0 unspecified atom stereocenters. The summed E-state index contributed by atoms with van der Waals surface area (Å²) >= 11 is 0. The van der Waals surface area contributed by atoms with Crippen LogP contribution in [0.15, 0.2) is 42.5 Å². The van der Waals surface area contributed by atoms with Crippen LogP contribution >= 0.6 is 0 Å². The molecule has 7 heteroatoms. The van der Waals surface area contributed by atoms with Crippen molar-refractivity contribution in [2.24, 2.45) is 5.92 Å². The van der Waals surface area contributed by atoms with Crippen LogP contribution in [-0.2, 0) is 22.6 Å². The first-order chi connectivity index (χ1) is 19.0. The summed E-state index contributed by atoms with van der Waals surface area (Å²) in [5.74, 6) is 0.999. The zero-order valence-corrected chi connectivity index (χ0v) is 25.3. The van der Waals surface area contributed by atoms with Gasteiger partial charge in [-0.2, -0.15) is 0 Å². The van der Waals surface area contributed by atoms with E-state index in [0.29, 0.717) is 12.5 Å². The van der Waals surface area contributed by atoms with Gasteiger partial charge in [0.15, 0.2) is 0 Å². The second-order valence-electron chi connectivity index (χ2n) is 12.8. The molecule has 1 atom stereocenters. The monoisotopic (exact) mass is 548 g/mol. The number of carbonyl (C=O) groups excluding carboxylic acids is 2. The summed E-state index contributed by atoms with van der Waals surface area (Å²) in [6.45, 7) is 14.4. The molecule has 1 aliphatic carbocycles. The normalized spacial score (nSPS) is 22.0. The Bertz CT molecular complexity index is 1170. The molecule has 2 fully saturated rings. The van der Waals surface area contributed by atoms with E-state index in [-0.39, 0.29) is 29.4 Å². The molecule has 7 nitrogen and oxygen atoms in total. The lowest BCUT2D eigenvalue weighted by Crippen LogP contribution is -2.48. The predicted molar refractivity (Wildman–Crippen MR) is 162 cm³/mol. The molecule has 1 heterocycles. The Morgan fingerprint density at radius 2 is 1.85 bits per heavy atom. The number of amides is 2. The van der Waals surface area contributed by atoms with E-state index in [4.69, 9.17) is 4.74 Å². The van der Waals surface area contributed by atoms with Crippen molar-refractivity contribution in [3.05, 3.63) is 59.2 Å². The summed E-state index contributed by atoms with van der Waals surface area (Å²) in [5, 5.41) is 6.51. The van der Waals surface area contributed by atoms with Crippen LogP contribution in [0.5, 0.6) is 5.75 Å². The summed E-state index contributed by atoms with van der Waals surface area (Å²) in [6.07, 6.45) is 3.75. The number of carbonyl (C=O) groups is 2. The number of nitrogens with one attached hydrogen (secondary N) is 2. The van der Waals surface area contributed by atoms with Gasteiger partial charge < -0.3 is 20.3 Å². The van der Waals surface area contributed by atoms with E-state index in [9.17, 15) is 9.59 Å². The van der Waals surface area contributed by atoms with Gasteiger partial charge in [-0.25, -0.2) is 0 Å². The van der Waals surface area contributed by atoms with E-state index in [1.54, 1.807) is 0 Å². The van der Waals surface area contributed by atoms with Crippen LogP contribution in [0.4, 0.5) is 5.69 Å². The number of benzene rings is 2. The number of hydrogen-bond donors (Lipinski definition) is 2. The van der Waals surface area contributed by atoms with Crippen LogP contribution in [0.25, 0.3) is 0 Å². The zero-order valence-electron chi connectivity index (χ0n) is 25.3. The molecule has 1 saturated carbocycles. The third kappa shape index (κ3) is 8.55. The van der Waals surface area contributed by atoms with Crippen molar-refractivity contribution in [1.29, 1.82) is 0 Å². The first-order valence-corrected chi connectivity index (χ1v) is 14.9. The molecule has 0 radical (unpaired) electrons. The number of nitrogens with zero attached hydrogens (tertiary/aromatic N) is 2. The van der Waals surface area contributed by atoms with E-state index in [2.05, 4.69) is 47.6 Å². The minimum Gasteiger partial charge on any atom is -0.490 e. The molecule has 40 heavy (non-hydrogen) atoms. The van der Waals surface area contributed by atoms with Gasteiger partial charge in [0, 0.05) is 56.4 Å². The molecule has 2 aromatic carbocycles. The lowest BCUT2D eigenvalue weighted by molar-refractivity contribution is -0.123. The highest BCUT2D eigenvalue weighted by molar-refractivity contribution is 5.94. The van der Waals surface area contributed by atoms with Gasteiger partial charge in [0.25, 0.3) is 0 Å². The van der Waals surface area contributed by atoms with Crippen LogP contribution in [0.1, 0.15) is 70.1 Å². The molecule has 2 aliphatic rings. The van der Waals surface area contributed by atoms with E-state index in [0.717, 1.165) is 68.9 Å². The van der Waals surface area contributed by atoms with E-state index in [1.807, 2.05) is 57.0 Å². The Kier molecular flexibility index (Phi) is 9.90. The lowest BCUT2D eigenvalue weighted by Gasteiger charge is -2.32. The predicted octanol–water partition coefficient (Wildman–Crippen LogP) is 4.85. The fourth-order valence-corrected chi connectivity index (χ4v) is 5.86. The second-order valence-corrected chi connectivity index (χ2v) is 12.8. The van der Waals surface area contributed by atoms with Crippen LogP contribution in [0.3, 0.4) is 0 Å². The standard InChI is InChI=1S/C33H48N4O3/c1-23-18-28(13-10-27(23)22-37-17-16-34-24(2)21-37)36(6)32(39)26-11-14-29(15-12-26)40-30-9-7-8-25(19-30)20-31(38)35-33(3,4)5/h7-10,13,18-19,24,26,29,34H,11-12,14-17,20-22H2,1-6H3,(H,35,38)/t24-,26-,29-/m0/s1. The first kappa shape index (κ1) is 30.1. The van der Waals surface area contributed by atoms with Crippen LogP contribution in [0, 0.1) is 12.8 Å². The molecule has 2 aromatic rings. The minimum atomic E-state index is -0.249. The van der Waals surface area contributed by atoms with Gasteiger partial charge in [0.2, 0.25) is 11.8 Å². The van der Waals surface area contributed by atoms with Crippen LogP contribution in [-0.4, -0.2) is 61.1 Å². The zero-order chi connectivity index (χ0) is 28.9. The van der Waals surface area contributed by atoms with Gasteiger partial charge in [0.1, 0.15) is 5.75 Å². The van der Waals surface area contributed by atoms with Crippen molar-refractivity contribution in [3.63, 3.8) is 0 Å². The van der Waals surface area contributed by atoms with Crippen molar-refractivity contribution in [1.82, 2.24) is 15.5 Å². The molecular weight excluding hydrogens is 500 g/mol. The van der Waals surface area contributed by atoms with Crippen molar-refractivity contribution < 1.29 is 14.3 Å². The Morgan fingerprint density at radius 3 is 2.52 bits per heavy atom. The molecule has 1 aliphatic heterocycles. The Labute approximate surface area is 240 Å². The maximum Gasteiger partial charge on any atom is 0.229 e. The molecule has 0 aromatic heterocycles. The summed E-state index contributed by atoms with van der Waals surface area (Å²) in [7, 11) is 1.90. The largest absolute Gasteiger partial charge is 0.490 e. The number of rotatable bonds is 8. The van der Waals surface area contributed by atoms with Crippen LogP contribution < -0.4 is 20.3 Å². The second kappa shape index (κ2) is 13.2. The maximum atomic E-state index is 13.4. The van der Waals surface area contributed by atoms with Gasteiger partial charge in [-0.3, -0.25) is 14.5 Å². The highest BCUT2D eigenvalue weighted by atomic mass is 16.5. The van der Waals surface area contributed by atoms with Gasteiger partial charge in [-0.1, -0.05) is 18.2 Å². The SMILES string of the molecule is Cc1cc(N(C)C(=O)[C@H]2CC[C@H](Oc3cccc(CC(=O)NC(C)(C)C)c3)CC2)ccc1CN1CCN[C@@H](C)C1. The minimum absolute atomic E-state index is 0.00630. The summed E-state index contributed by atoms with van der Waals surface area (Å²) in [4.78, 5) is 30.0. The topological polar surface area (TPSA) is 73.9 Å². The van der Waals surface area contributed by atoms with Crippen molar-refractivity contribution in [2.75, 3.05) is 31.6 Å². The smallest absolute Gasteiger partial charge is 0.229 e. The van der Waals surface area contributed by atoms with E-state index < -0.39 is 0 Å². The van der Waals surface area contributed by atoms with Gasteiger partial charge in [-0.15, -0.1) is 0 Å². The molecule has 2 amide bonds. The number of anilines is 1. The third-order valence-electron chi connectivity index (χ3n) is 7.99. The molecule has 1 saturated heterocycles. The number of ether oxygens (including phenoxy) is 1. The van der Waals surface area contributed by atoms with Gasteiger partial charge in [-0.05, 0) is 101 Å². The molecule has 0 bridgehead atoms. The first-order valence-electron chi connectivity index (χ1n) is 14.9. The van der Waals surface area contributed by atoms with Gasteiger partial charge in [0.05, 0.1) is 12.5 Å². The fraction of sp³-hybridized carbons (Fsp3) is 0.576. The van der Waals surface area contributed by atoms with Gasteiger partial charge >= 0.3 is 0 Å². The summed E-state index contributed by atoms with van der Waals surface area (Å²) in [6, 6.07) is 14.8. The average molecular weight is 549 g/mol. The number of aryl methyl sites for hydroxylation is 1. The molecule has 2 N–H and O–H groups in total. The maximum absolute atomic E-state index is 13.4. The van der Waals surface area contributed by atoms with Crippen LogP contribution in [0.2, 0.25) is 0 Å². The average Bonchev–Trinajstić information content (AvgIpc) is 2.88. The highest BCUT2D eigenvalue weighted by Crippen LogP contribution is 2.31. The van der Waals surface area contributed by atoms with Crippen molar-refractivity contribution in [3.8, 4) is 5.75 Å². The Morgan fingerprint density at radius 1 is 1.10 bits per heavy atom. The number of piperazine rings is 1. The van der Waals surface area contributed by atoms with E-state index >= 15 is 0 Å². The summed E-state index contributed by atoms with van der Waals surface area (Å²) in [5.41, 5.74) is 4.22. The van der Waals surface area contributed by atoms with Crippen molar-refractivity contribution >= 4 is 17.5 Å². The molecule has 218 valence electrons. The van der Waals surface area contributed by atoms with Crippen molar-refractivity contribution in [2.45, 2.75) is 91.0 Å². The quantitative estimate of drug-likeness (QED) is 0.494.